The highest BCUT2D eigenvalue weighted by atomic mass is 16.5. The van der Waals surface area contributed by atoms with E-state index in [0.717, 1.165) is 28.1 Å². The van der Waals surface area contributed by atoms with Crippen LogP contribution in [0.3, 0.4) is 0 Å². The van der Waals surface area contributed by atoms with Gasteiger partial charge in [0, 0.05) is 5.69 Å². The van der Waals surface area contributed by atoms with Crippen LogP contribution in [0, 0.1) is 20.8 Å². The zero-order chi connectivity index (χ0) is 18.4. The molecule has 0 aliphatic carbocycles. The first-order valence-corrected chi connectivity index (χ1v) is 8.64. The maximum Gasteiger partial charge on any atom is 0.211 e. The summed E-state index contributed by atoms with van der Waals surface area (Å²) in [6, 6.07) is 10.6. The number of ether oxygens (including phenoxy) is 1. The second-order valence-electron chi connectivity index (χ2n) is 6.61. The smallest absolute Gasteiger partial charge is 0.211 e. The van der Waals surface area contributed by atoms with Gasteiger partial charge in [-0.1, -0.05) is 44.2 Å². The number of aryl methyl sites for hydroxylation is 1. The van der Waals surface area contributed by atoms with Crippen molar-refractivity contribution in [3.8, 4) is 5.75 Å². The fraction of sp³-hybridized carbons (Fsp3) is 0.318. The SMILES string of the molecule is Cc1cc(OC/C=C/c2ccc(C(C)C)cc2)c(C)c(C)c1NC=O. The quantitative estimate of drug-likeness (QED) is 0.687. The normalized spacial score (nSPS) is 11.1. The predicted molar refractivity (Wildman–Crippen MR) is 105 cm³/mol. The molecular weight excluding hydrogens is 310 g/mol. The van der Waals surface area contributed by atoms with Crippen LogP contribution in [0.1, 0.15) is 47.6 Å². The Balaban J connectivity index is 2.03. The minimum Gasteiger partial charge on any atom is -0.489 e. The Hall–Kier alpha value is -2.55. The Morgan fingerprint density at radius 3 is 2.36 bits per heavy atom. The number of hydrogen-bond acceptors (Lipinski definition) is 2. The van der Waals surface area contributed by atoms with Crippen molar-refractivity contribution in [1.29, 1.82) is 0 Å². The zero-order valence-electron chi connectivity index (χ0n) is 15.7. The van der Waals surface area contributed by atoms with Gasteiger partial charge in [-0.2, -0.15) is 0 Å². The molecule has 2 aromatic carbocycles. The highest BCUT2D eigenvalue weighted by molar-refractivity contribution is 5.77. The summed E-state index contributed by atoms with van der Waals surface area (Å²) in [5.41, 5.74) is 6.46. The zero-order valence-corrected chi connectivity index (χ0v) is 15.7. The van der Waals surface area contributed by atoms with Crippen LogP contribution in [0.15, 0.2) is 36.4 Å². The van der Waals surface area contributed by atoms with Gasteiger partial charge in [-0.15, -0.1) is 0 Å². The lowest BCUT2D eigenvalue weighted by Gasteiger charge is -2.16. The van der Waals surface area contributed by atoms with Crippen LogP contribution in [0.25, 0.3) is 6.08 Å². The maximum absolute atomic E-state index is 10.7. The van der Waals surface area contributed by atoms with Gasteiger partial charge in [0.05, 0.1) is 0 Å². The highest BCUT2D eigenvalue weighted by Crippen LogP contribution is 2.31. The molecule has 0 saturated carbocycles. The van der Waals surface area contributed by atoms with Crippen LogP contribution in [0.4, 0.5) is 5.69 Å². The minimum atomic E-state index is 0.506. The number of nitrogens with one attached hydrogen (secondary N) is 1. The number of benzene rings is 2. The fourth-order valence-electron chi connectivity index (χ4n) is 2.79. The van der Waals surface area contributed by atoms with Gasteiger partial charge in [0.25, 0.3) is 0 Å². The number of amides is 1. The van der Waals surface area contributed by atoms with Crippen LogP contribution in [0.2, 0.25) is 0 Å². The van der Waals surface area contributed by atoms with Gasteiger partial charge in [-0.25, -0.2) is 0 Å². The summed E-state index contributed by atoms with van der Waals surface area (Å²) >= 11 is 0. The molecule has 2 rings (SSSR count). The summed E-state index contributed by atoms with van der Waals surface area (Å²) in [4.78, 5) is 10.7. The number of hydrogen-bond donors (Lipinski definition) is 1. The third-order valence-corrected chi connectivity index (χ3v) is 4.50. The number of carbonyl (C=O) groups excluding carboxylic acids is 1. The van der Waals surface area contributed by atoms with Crippen LogP contribution >= 0.6 is 0 Å². The van der Waals surface area contributed by atoms with Gasteiger partial charge in [0.2, 0.25) is 6.41 Å². The van der Waals surface area contributed by atoms with E-state index in [1.807, 2.05) is 32.9 Å². The summed E-state index contributed by atoms with van der Waals surface area (Å²) in [5.74, 6) is 1.40. The van der Waals surface area contributed by atoms with Crippen molar-refractivity contribution >= 4 is 18.2 Å². The summed E-state index contributed by atoms with van der Waals surface area (Å²) in [6.45, 7) is 10.9. The second-order valence-corrected chi connectivity index (χ2v) is 6.61. The van der Waals surface area contributed by atoms with Crippen molar-refractivity contribution < 1.29 is 9.53 Å². The van der Waals surface area contributed by atoms with Crippen molar-refractivity contribution in [2.24, 2.45) is 0 Å². The first-order chi connectivity index (χ1) is 11.9. The monoisotopic (exact) mass is 337 g/mol. The van der Waals surface area contributed by atoms with E-state index in [4.69, 9.17) is 4.74 Å². The molecule has 0 spiro atoms. The van der Waals surface area contributed by atoms with E-state index in [9.17, 15) is 4.79 Å². The van der Waals surface area contributed by atoms with Gasteiger partial charge >= 0.3 is 0 Å². The molecule has 0 radical (unpaired) electrons. The van der Waals surface area contributed by atoms with Crippen LogP contribution in [-0.4, -0.2) is 13.0 Å². The Kier molecular flexibility index (Phi) is 6.40. The average molecular weight is 337 g/mol. The highest BCUT2D eigenvalue weighted by Gasteiger charge is 2.10. The van der Waals surface area contributed by atoms with Gasteiger partial charge < -0.3 is 10.1 Å². The van der Waals surface area contributed by atoms with Gasteiger partial charge in [-0.05, 0) is 66.6 Å². The molecule has 0 bridgehead atoms. The van der Waals surface area contributed by atoms with Crippen LogP contribution in [-0.2, 0) is 4.79 Å². The average Bonchev–Trinajstić information content (AvgIpc) is 2.60. The van der Waals surface area contributed by atoms with Crippen molar-refractivity contribution in [2.45, 2.75) is 40.5 Å². The Morgan fingerprint density at radius 1 is 1.08 bits per heavy atom. The van der Waals surface area contributed by atoms with E-state index in [0.29, 0.717) is 18.9 Å². The predicted octanol–water partition coefficient (Wildman–Crippen LogP) is 5.40. The topological polar surface area (TPSA) is 38.3 Å². The third kappa shape index (κ3) is 4.72. The lowest BCUT2D eigenvalue weighted by atomic mass is 10.0. The molecular formula is C22H27NO2. The summed E-state index contributed by atoms with van der Waals surface area (Å²) in [6.07, 6.45) is 4.80. The minimum absolute atomic E-state index is 0.506. The van der Waals surface area contributed by atoms with Gasteiger partial charge in [-0.3, -0.25) is 4.79 Å². The summed E-state index contributed by atoms with van der Waals surface area (Å²) in [5, 5.41) is 2.76. The Labute approximate surface area is 150 Å². The Morgan fingerprint density at radius 2 is 1.76 bits per heavy atom. The van der Waals surface area contributed by atoms with E-state index in [2.05, 4.69) is 49.5 Å². The number of anilines is 1. The number of carbonyl (C=O) groups is 1. The standard InChI is InChI=1S/C22H27NO2/c1-15(2)20-10-8-19(9-11-20)7-6-12-25-21-13-16(3)22(23-14-24)18(5)17(21)4/h6-11,13-15H,12H2,1-5H3,(H,23,24)/b7-6+. The molecule has 0 fully saturated rings. The molecule has 132 valence electrons. The third-order valence-electron chi connectivity index (χ3n) is 4.50. The van der Waals surface area contributed by atoms with E-state index < -0.39 is 0 Å². The van der Waals surface area contributed by atoms with Crippen LogP contribution in [0.5, 0.6) is 5.75 Å². The second kappa shape index (κ2) is 8.52. The first kappa shape index (κ1) is 18.8. The van der Waals surface area contributed by atoms with E-state index >= 15 is 0 Å². The molecule has 0 aliphatic heterocycles. The molecule has 0 aromatic heterocycles. The largest absolute Gasteiger partial charge is 0.489 e. The molecule has 1 N–H and O–H groups in total. The molecule has 0 saturated heterocycles. The lowest BCUT2D eigenvalue weighted by molar-refractivity contribution is -0.105. The first-order valence-electron chi connectivity index (χ1n) is 8.64. The van der Waals surface area contributed by atoms with Crippen molar-refractivity contribution in [3.63, 3.8) is 0 Å². The van der Waals surface area contributed by atoms with Gasteiger partial charge in [0.1, 0.15) is 12.4 Å². The number of rotatable bonds is 7. The van der Waals surface area contributed by atoms with E-state index in [-0.39, 0.29) is 0 Å². The summed E-state index contributed by atoms with van der Waals surface area (Å²) in [7, 11) is 0. The fourth-order valence-corrected chi connectivity index (χ4v) is 2.79. The maximum atomic E-state index is 10.7. The molecule has 0 atom stereocenters. The molecule has 25 heavy (non-hydrogen) atoms. The van der Waals surface area contributed by atoms with Crippen molar-refractivity contribution in [3.05, 3.63) is 64.2 Å². The molecule has 0 unspecified atom stereocenters. The molecule has 0 heterocycles. The molecule has 0 aliphatic rings. The molecule has 1 amide bonds. The van der Waals surface area contributed by atoms with Crippen LogP contribution < -0.4 is 10.1 Å². The summed E-state index contributed by atoms with van der Waals surface area (Å²) < 4.78 is 5.91. The Bertz CT molecular complexity index is 759. The van der Waals surface area contributed by atoms with Crippen molar-refractivity contribution in [1.82, 2.24) is 0 Å². The van der Waals surface area contributed by atoms with Crippen molar-refractivity contribution in [2.75, 3.05) is 11.9 Å². The van der Waals surface area contributed by atoms with E-state index in [1.54, 1.807) is 0 Å². The van der Waals surface area contributed by atoms with E-state index in [1.165, 1.54) is 11.1 Å². The van der Waals surface area contributed by atoms with Gasteiger partial charge in [0.15, 0.2) is 0 Å². The lowest BCUT2D eigenvalue weighted by Crippen LogP contribution is -2.04. The molecule has 3 heteroatoms. The molecule has 3 nitrogen and oxygen atoms in total. The molecule has 2 aromatic rings.